The van der Waals surface area contributed by atoms with Crippen molar-refractivity contribution < 1.29 is 9.59 Å². The van der Waals surface area contributed by atoms with Crippen LogP contribution < -0.4 is 5.32 Å². The van der Waals surface area contributed by atoms with Gasteiger partial charge in [0.1, 0.15) is 6.04 Å². The van der Waals surface area contributed by atoms with E-state index in [0.29, 0.717) is 13.0 Å². The lowest BCUT2D eigenvalue weighted by Crippen LogP contribution is -2.52. The molecule has 0 spiro atoms. The van der Waals surface area contributed by atoms with Crippen LogP contribution in [0.5, 0.6) is 0 Å². The fourth-order valence-electron chi connectivity index (χ4n) is 5.79. The molecule has 1 aliphatic carbocycles. The first-order valence-electron chi connectivity index (χ1n) is 14.4. The van der Waals surface area contributed by atoms with Crippen LogP contribution in [0, 0.1) is 0 Å². The van der Waals surface area contributed by atoms with Crippen LogP contribution in [-0.4, -0.2) is 28.8 Å². The molecule has 0 bridgehead atoms. The van der Waals surface area contributed by atoms with Gasteiger partial charge in [-0.05, 0) is 35.1 Å². The Labute approximate surface area is 238 Å². The molecule has 1 aliphatic rings. The summed E-state index contributed by atoms with van der Waals surface area (Å²) in [7, 11) is 0. The normalized spacial score (nSPS) is 14.1. The van der Waals surface area contributed by atoms with Gasteiger partial charge < -0.3 is 10.2 Å². The number of carbonyl (C=O) groups is 2. The van der Waals surface area contributed by atoms with Crippen molar-refractivity contribution in [3.05, 3.63) is 144 Å². The Balaban J connectivity index is 1.49. The number of hydrogen-bond donors (Lipinski definition) is 1. The van der Waals surface area contributed by atoms with Gasteiger partial charge in [0, 0.05) is 31.3 Å². The Morgan fingerprint density at radius 1 is 0.675 bits per heavy atom. The van der Waals surface area contributed by atoms with Gasteiger partial charge in [-0.15, -0.1) is 0 Å². The second kappa shape index (κ2) is 13.7. The molecule has 1 saturated carbocycles. The molecule has 0 saturated heterocycles. The van der Waals surface area contributed by atoms with Crippen LogP contribution in [0.4, 0.5) is 0 Å². The van der Waals surface area contributed by atoms with E-state index < -0.39 is 6.04 Å². The van der Waals surface area contributed by atoms with Gasteiger partial charge in [0.05, 0.1) is 0 Å². The topological polar surface area (TPSA) is 49.4 Å². The maximum Gasteiger partial charge on any atom is 0.243 e. The fraction of sp³-hybridized carbons (Fsp3) is 0.278. The molecular formula is C36H38N2O2. The Kier molecular flexibility index (Phi) is 9.41. The molecular weight excluding hydrogens is 492 g/mol. The highest BCUT2D eigenvalue weighted by Gasteiger charge is 2.33. The second-order valence-corrected chi connectivity index (χ2v) is 10.8. The number of hydrogen-bond acceptors (Lipinski definition) is 2. The average Bonchev–Trinajstić information content (AvgIpc) is 3.52. The molecule has 0 aromatic heterocycles. The van der Waals surface area contributed by atoms with Crippen LogP contribution in [0.2, 0.25) is 0 Å². The van der Waals surface area contributed by atoms with Crippen LogP contribution in [0.3, 0.4) is 0 Å². The molecule has 0 unspecified atom stereocenters. The first kappa shape index (κ1) is 27.4. The minimum absolute atomic E-state index is 0.0240. The van der Waals surface area contributed by atoms with Gasteiger partial charge in [-0.2, -0.15) is 0 Å². The molecule has 4 nitrogen and oxygen atoms in total. The predicted octanol–water partition coefficient (Wildman–Crippen LogP) is 6.91. The van der Waals surface area contributed by atoms with E-state index in [-0.39, 0.29) is 30.2 Å². The van der Waals surface area contributed by atoms with E-state index in [2.05, 4.69) is 29.6 Å². The molecule has 1 N–H and O–H groups in total. The number of carbonyl (C=O) groups excluding carboxylic acids is 2. The third-order valence-electron chi connectivity index (χ3n) is 7.95. The molecule has 0 aliphatic heterocycles. The molecule has 0 heterocycles. The molecule has 4 aromatic carbocycles. The van der Waals surface area contributed by atoms with Crippen molar-refractivity contribution in [2.75, 3.05) is 0 Å². The Bertz CT molecular complexity index is 1300. The van der Waals surface area contributed by atoms with E-state index in [1.165, 1.54) is 0 Å². The van der Waals surface area contributed by atoms with Gasteiger partial charge in [0.25, 0.3) is 0 Å². The van der Waals surface area contributed by atoms with Gasteiger partial charge in [0.2, 0.25) is 11.8 Å². The number of nitrogens with zero attached hydrogens (tertiary/aromatic N) is 1. The van der Waals surface area contributed by atoms with Crippen molar-refractivity contribution in [2.24, 2.45) is 0 Å². The summed E-state index contributed by atoms with van der Waals surface area (Å²) >= 11 is 0. The van der Waals surface area contributed by atoms with Crippen molar-refractivity contribution in [1.82, 2.24) is 10.2 Å². The third kappa shape index (κ3) is 7.26. The quantitative estimate of drug-likeness (QED) is 0.229. The summed E-state index contributed by atoms with van der Waals surface area (Å²) in [5.74, 6) is -0.191. The van der Waals surface area contributed by atoms with Gasteiger partial charge in [-0.3, -0.25) is 9.59 Å². The lowest BCUT2D eigenvalue weighted by Gasteiger charge is -2.33. The molecule has 204 valence electrons. The number of nitrogens with one attached hydrogen (secondary N) is 1. The average molecular weight is 531 g/mol. The van der Waals surface area contributed by atoms with Crippen LogP contribution in [0.1, 0.15) is 60.3 Å². The smallest absolute Gasteiger partial charge is 0.243 e. The number of benzene rings is 4. The number of rotatable bonds is 11. The lowest BCUT2D eigenvalue weighted by molar-refractivity contribution is -0.141. The highest BCUT2D eigenvalue weighted by atomic mass is 16.2. The molecule has 1 atom stereocenters. The summed E-state index contributed by atoms with van der Waals surface area (Å²) in [5, 5.41) is 3.30. The number of amides is 2. The van der Waals surface area contributed by atoms with E-state index >= 15 is 0 Å². The largest absolute Gasteiger partial charge is 0.352 e. The van der Waals surface area contributed by atoms with E-state index in [9.17, 15) is 9.59 Å². The third-order valence-corrected chi connectivity index (χ3v) is 7.95. The van der Waals surface area contributed by atoms with E-state index in [1.54, 1.807) is 0 Å². The van der Waals surface area contributed by atoms with Crippen molar-refractivity contribution in [3.63, 3.8) is 0 Å². The predicted molar refractivity (Wildman–Crippen MR) is 161 cm³/mol. The molecule has 2 amide bonds. The minimum atomic E-state index is -0.608. The molecule has 4 aromatic rings. The van der Waals surface area contributed by atoms with Crippen molar-refractivity contribution in [2.45, 2.75) is 63.1 Å². The summed E-state index contributed by atoms with van der Waals surface area (Å²) in [5.41, 5.74) is 4.25. The van der Waals surface area contributed by atoms with E-state index in [1.807, 2.05) is 102 Å². The summed E-state index contributed by atoms with van der Waals surface area (Å²) in [4.78, 5) is 30.2. The van der Waals surface area contributed by atoms with Crippen molar-refractivity contribution in [1.29, 1.82) is 0 Å². The van der Waals surface area contributed by atoms with Crippen LogP contribution >= 0.6 is 0 Å². The Morgan fingerprint density at radius 3 is 1.68 bits per heavy atom. The van der Waals surface area contributed by atoms with Gasteiger partial charge in [-0.1, -0.05) is 134 Å². The highest BCUT2D eigenvalue weighted by Crippen LogP contribution is 2.30. The van der Waals surface area contributed by atoms with Gasteiger partial charge in [0.15, 0.2) is 0 Å². The van der Waals surface area contributed by atoms with Gasteiger partial charge >= 0.3 is 0 Å². The summed E-state index contributed by atoms with van der Waals surface area (Å²) in [6.45, 7) is 0.381. The Hall–Kier alpha value is -4.18. The van der Waals surface area contributed by atoms with Gasteiger partial charge in [-0.25, -0.2) is 0 Å². The molecule has 40 heavy (non-hydrogen) atoms. The van der Waals surface area contributed by atoms with Crippen molar-refractivity contribution >= 4 is 11.8 Å². The maximum absolute atomic E-state index is 14.4. The summed E-state index contributed by atoms with van der Waals surface area (Å²) in [6.07, 6.45) is 5.02. The summed E-state index contributed by atoms with van der Waals surface area (Å²) in [6, 6.07) is 40.0. The monoisotopic (exact) mass is 530 g/mol. The molecule has 0 radical (unpaired) electrons. The lowest BCUT2D eigenvalue weighted by atomic mass is 9.87. The minimum Gasteiger partial charge on any atom is -0.352 e. The fourth-order valence-corrected chi connectivity index (χ4v) is 5.79. The second-order valence-electron chi connectivity index (χ2n) is 10.8. The zero-order chi connectivity index (χ0) is 27.6. The first-order chi connectivity index (χ1) is 19.7. The standard InChI is InChI=1S/C36H38N2O2/c39-35(26-33(30-19-9-3-10-20-30)31-21-11-4-12-22-31)38(27-29-17-7-2-8-18-29)34(25-28-15-5-1-6-16-28)36(40)37-32-23-13-14-24-32/h1-12,15-22,32-34H,13-14,23-27H2,(H,37,40)/t34-/m1/s1. The SMILES string of the molecule is O=C(NC1CCCC1)[C@@H](Cc1ccccc1)N(Cc1ccccc1)C(=O)CC(c1ccccc1)c1ccccc1. The highest BCUT2D eigenvalue weighted by molar-refractivity contribution is 5.88. The van der Waals surface area contributed by atoms with Crippen molar-refractivity contribution in [3.8, 4) is 0 Å². The van der Waals surface area contributed by atoms with Crippen LogP contribution in [0.25, 0.3) is 0 Å². The Morgan fingerprint density at radius 2 is 1.15 bits per heavy atom. The molecule has 4 heteroatoms. The van der Waals surface area contributed by atoms with Crippen LogP contribution in [0.15, 0.2) is 121 Å². The molecule has 5 rings (SSSR count). The van der Waals surface area contributed by atoms with E-state index in [0.717, 1.165) is 47.9 Å². The maximum atomic E-state index is 14.4. The summed E-state index contributed by atoms with van der Waals surface area (Å²) < 4.78 is 0. The van der Waals surface area contributed by atoms with Crippen LogP contribution in [-0.2, 0) is 22.6 Å². The first-order valence-corrected chi connectivity index (χ1v) is 14.4. The zero-order valence-corrected chi connectivity index (χ0v) is 23.0. The van der Waals surface area contributed by atoms with E-state index in [4.69, 9.17) is 0 Å². The zero-order valence-electron chi connectivity index (χ0n) is 23.0. The molecule has 1 fully saturated rings.